The normalized spacial score (nSPS) is 29.2. The smallest absolute Gasteiger partial charge is 0.336 e. The van der Waals surface area contributed by atoms with Crippen LogP contribution < -0.4 is 0 Å². The number of fused-ring (bicyclic) bond motifs is 4. The first-order valence-corrected chi connectivity index (χ1v) is 19.8. The van der Waals surface area contributed by atoms with E-state index in [1.54, 1.807) is 0 Å². The van der Waals surface area contributed by atoms with Crippen LogP contribution in [-0.4, -0.2) is 30.5 Å². The number of rotatable bonds is 5. The summed E-state index contributed by atoms with van der Waals surface area (Å²) in [6.07, 6.45) is 4.78. The summed E-state index contributed by atoms with van der Waals surface area (Å²) in [6.45, 7) is 21.3. The van der Waals surface area contributed by atoms with Crippen molar-refractivity contribution >= 4 is 19.4 Å². The molecule has 0 aromatic heterocycles. The number of ketones is 1. The van der Waals surface area contributed by atoms with Crippen molar-refractivity contribution in [3.63, 3.8) is 0 Å². The van der Waals surface area contributed by atoms with Gasteiger partial charge in [-0.2, -0.15) is 8.78 Å². The molecule has 2 fully saturated rings. The zero-order valence-corrected chi connectivity index (χ0v) is 30.5. The maximum Gasteiger partial charge on any atom is 0.336 e. The molecule has 0 saturated heterocycles. The van der Waals surface area contributed by atoms with Gasteiger partial charge in [0.1, 0.15) is 13.7 Å². The number of hydrogen-bond donors (Lipinski definition) is 1. The average Bonchev–Trinajstić information content (AvgIpc) is 3.24. The number of allylic oxidation sites excluding steroid dienone is 4. The van der Waals surface area contributed by atoms with Crippen molar-refractivity contribution in [3.8, 4) is 11.5 Å². The summed E-state index contributed by atoms with van der Waals surface area (Å²) < 4.78 is 32.9. The van der Waals surface area contributed by atoms with Crippen LogP contribution in [0.15, 0.2) is 41.0 Å². The van der Waals surface area contributed by atoms with Crippen molar-refractivity contribution in [2.75, 3.05) is 0 Å². The number of benzene rings is 1. The van der Waals surface area contributed by atoms with E-state index in [1.165, 1.54) is 22.3 Å². The second-order valence-electron chi connectivity index (χ2n) is 16.9. The van der Waals surface area contributed by atoms with Crippen LogP contribution in [0.4, 0.5) is 8.78 Å². The van der Waals surface area contributed by atoms with E-state index in [9.17, 15) is 9.90 Å². The fourth-order valence-electron chi connectivity index (χ4n) is 10.4. The molecule has 5 rings (SSSR count). The topological polar surface area (TPSA) is 37.3 Å². The Labute approximate surface area is 272 Å². The largest absolute Gasteiger partial charge is 0.382 e. The molecule has 2 saturated carbocycles. The molecule has 1 aromatic rings. The fraction of sp³-hybridized carbons (Fsp3) is 0.675. The molecule has 0 unspecified atom stereocenters. The molecule has 4 aliphatic carbocycles. The van der Waals surface area contributed by atoms with Crippen LogP contribution in [0.1, 0.15) is 132 Å². The SMILES string of the molecule is CC(C)[Si](C#CC(F)(F)[C@]1(O)CC[C@H]2[C@@H]3CCC4=C(c5ccc(C(C)(C)C)cc5)C(=O)CCC4=C3CC[C@@]21C)(C(C)C)C(C)C. The van der Waals surface area contributed by atoms with Crippen LogP contribution in [0.5, 0.6) is 0 Å². The first kappa shape index (κ1) is 34.3. The first-order chi connectivity index (χ1) is 20.8. The van der Waals surface area contributed by atoms with Gasteiger partial charge in [0.25, 0.3) is 0 Å². The van der Waals surface area contributed by atoms with Crippen molar-refractivity contribution in [1.82, 2.24) is 0 Å². The van der Waals surface area contributed by atoms with Gasteiger partial charge in [0.05, 0.1) is 0 Å². The quantitative estimate of drug-likeness (QED) is 0.258. The Hall–Kier alpha value is -2.03. The van der Waals surface area contributed by atoms with Crippen molar-refractivity contribution < 1.29 is 18.7 Å². The van der Waals surface area contributed by atoms with Crippen molar-refractivity contribution in [1.29, 1.82) is 0 Å². The van der Waals surface area contributed by atoms with Gasteiger partial charge in [-0.05, 0) is 107 Å². The van der Waals surface area contributed by atoms with Gasteiger partial charge in [0.15, 0.2) is 5.78 Å². The molecule has 1 aromatic carbocycles. The third kappa shape index (κ3) is 5.25. The maximum absolute atomic E-state index is 16.5. The molecule has 0 aliphatic heterocycles. The Morgan fingerprint density at radius 2 is 1.47 bits per heavy atom. The van der Waals surface area contributed by atoms with E-state index < -0.39 is 25.0 Å². The van der Waals surface area contributed by atoms with E-state index in [1.807, 2.05) is 6.92 Å². The molecule has 0 heterocycles. The Balaban J connectivity index is 1.50. The van der Waals surface area contributed by atoms with Crippen LogP contribution >= 0.6 is 0 Å². The lowest BCUT2D eigenvalue weighted by atomic mass is 9.54. The van der Waals surface area contributed by atoms with Crippen molar-refractivity contribution in [2.45, 2.75) is 154 Å². The number of alkyl halides is 2. The number of Topliss-reactive ketones (excluding diaryl/α,β-unsaturated/α-hetero) is 1. The van der Waals surface area contributed by atoms with Crippen molar-refractivity contribution in [2.24, 2.45) is 17.3 Å². The zero-order valence-electron chi connectivity index (χ0n) is 29.5. The fourth-order valence-corrected chi connectivity index (χ4v) is 15.6. The second kappa shape index (κ2) is 11.6. The van der Waals surface area contributed by atoms with Gasteiger partial charge < -0.3 is 5.11 Å². The highest BCUT2D eigenvalue weighted by Gasteiger charge is 2.70. The predicted molar refractivity (Wildman–Crippen MR) is 185 cm³/mol. The number of aliphatic hydroxyl groups is 1. The Morgan fingerprint density at radius 3 is 2.02 bits per heavy atom. The first-order valence-electron chi connectivity index (χ1n) is 17.6. The summed E-state index contributed by atoms with van der Waals surface area (Å²) in [7, 11) is -2.38. The van der Waals surface area contributed by atoms with E-state index in [4.69, 9.17) is 0 Å². The molecule has 0 amide bonds. The highest BCUT2D eigenvalue weighted by Crippen LogP contribution is 2.66. The standard InChI is InChI=1S/C40H56F2O2Si/c1-25(2)45(26(3)4,27(5)6)24-23-40(41,42)39(44)22-20-34-32-15-16-33-30(31(32)19-21-38(34,39)10)17-18-35(43)36(33)28-11-13-29(14-12-28)37(7,8)9/h11-14,25-27,32,34,44H,15-22H2,1-10H3/t32-,34+,38+,39+/m1/s1. The van der Waals surface area contributed by atoms with Crippen LogP contribution in [-0.2, 0) is 10.2 Å². The van der Waals surface area contributed by atoms with E-state index in [0.29, 0.717) is 25.7 Å². The maximum atomic E-state index is 16.5. The number of halogens is 2. The molecule has 5 heteroatoms. The Kier molecular flexibility index (Phi) is 8.83. The average molecular weight is 635 g/mol. The Bertz CT molecular complexity index is 1440. The molecule has 4 aliphatic rings. The highest BCUT2D eigenvalue weighted by molar-refractivity contribution is 6.90. The van der Waals surface area contributed by atoms with Crippen LogP contribution in [0.3, 0.4) is 0 Å². The number of hydrogen-bond acceptors (Lipinski definition) is 2. The molecule has 45 heavy (non-hydrogen) atoms. The monoisotopic (exact) mass is 634 g/mol. The van der Waals surface area contributed by atoms with Crippen LogP contribution in [0.2, 0.25) is 16.6 Å². The van der Waals surface area contributed by atoms with Gasteiger partial charge in [-0.25, -0.2) is 0 Å². The molecule has 0 radical (unpaired) electrons. The summed E-state index contributed by atoms with van der Waals surface area (Å²) in [5.41, 5.74) is 7.97. The van der Waals surface area contributed by atoms with Crippen LogP contribution in [0.25, 0.3) is 5.57 Å². The summed E-state index contributed by atoms with van der Waals surface area (Å²) in [5.74, 6) is -0.576. The molecule has 0 bridgehead atoms. The minimum Gasteiger partial charge on any atom is -0.382 e. The molecule has 0 spiro atoms. The summed E-state index contributed by atoms with van der Waals surface area (Å²) in [6, 6.07) is 8.50. The van der Waals surface area contributed by atoms with Gasteiger partial charge >= 0.3 is 5.92 Å². The molecular weight excluding hydrogens is 579 g/mol. The van der Waals surface area contributed by atoms with Gasteiger partial charge in [0, 0.05) is 17.4 Å². The van der Waals surface area contributed by atoms with E-state index in [2.05, 4.69) is 98.0 Å². The van der Waals surface area contributed by atoms with E-state index in [-0.39, 0.29) is 46.1 Å². The molecule has 246 valence electrons. The number of carbonyl (C=O) groups is 1. The molecule has 1 N–H and O–H groups in total. The van der Waals surface area contributed by atoms with Crippen LogP contribution in [0, 0.1) is 28.7 Å². The lowest BCUT2D eigenvalue weighted by Gasteiger charge is -2.53. The molecule has 4 atom stereocenters. The lowest BCUT2D eigenvalue weighted by molar-refractivity contribution is -0.207. The predicted octanol–water partition coefficient (Wildman–Crippen LogP) is 10.6. The van der Waals surface area contributed by atoms with Gasteiger partial charge in [-0.1, -0.05) is 99.1 Å². The second-order valence-corrected chi connectivity index (χ2v) is 22.5. The van der Waals surface area contributed by atoms with E-state index in [0.717, 1.165) is 30.4 Å². The molecule has 2 nitrogen and oxygen atoms in total. The minimum atomic E-state index is -3.47. The minimum absolute atomic E-state index is 0.0116. The summed E-state index contributed by atoms with van der Waals surface area (Å²) in [5, 5.41) is 12.1. The number of carbonyl (C=O) groups excluding carboxylic acids is 1. The third-order valence-corrected chi connectivity index (χ3v) is 19.2. The van der Waals surface area contributed by atoms with Gasteiger partial charge in [-0.15, -0.1) is 5.54 Å². The van der Waals surface area contributed by atoms with Crippen molar-refractivity contribution in [3.05, 3.63) is 52.1 Å². The zero-order chi connectivity index (χ0) is 33.3. The highest BCUT2D eigenvalue weighted by atomic mass is 28.3. The van der Waals surface area contributed by atoms with E-state index >= 15 is 8.78 Å². The third-order valence-electron chi connectivity index (χ3n) is 12.9. The molecular formula is C40H56F2O2Si. The summed E-state index contributed by atoms with van der Waals surface area (Å²) in [4.78, 5) is 13.4. The Morgan fingerprint density at radius 1 is 0.867 bits per heavy atom. The van der Waals surface area contributed by atoms with Gasteiger partial charge in [-0.3, -0.25) is 4.79 Å². The lowest BCUT2D eigenvalue weighted by Crippen LogP contribution is -2.59. The van der Waals surface area contributed by atoms with Gasteiger partial charge in [0.2, 0.25) is 0 Å². The summed E-state index contributed by atoms with van der Waals surface area (Å²) >= 11 is 0.